The van der Waals surface area contributed by atoms with Crippen LogP contribution < -0.4 is 5.32 Å². The summed E-state index contributed by atoms with van der Waals surface area (Å²) < 4.78 is 5.94. The molecule has 0 saturated heterocycles. The number of hydrogen-bond donors (Lipinski definition) is 2. The lowest BCUT2D eigenvalue weighted by Crippen LogP contribution is -2.28. The minimum atomic E-state index is -1.02. The Balaban J connectivity index is 4.11. The van der Waals surface area contributed by atoms with Gasteiger partial charge in [0, 0.05) is 12.8 Å². The molecule has 1 amide bonds. The summed E-state index contributed by atoms with van der Waals surface area (Å²) >= 11 is 0. The zero-order valence-corrected chi connectivity index (χ0v) is 26.2. The Kier molecular flexibility index (Phi) is 28.7. The molecule has 1 atom stereocenters. The molecule has 0 saturated carbocycles. The molecule has 0 spiro atoms. The number of unbranched alkanes of at least 4 members (excludes halogenated alkanes) is 17. The summed E-state index contributed by atoms with van der Waals surface area (Å²) in [6.07, 6.45) is 31.8. The first-order chi connectivity index (χ1) is 19.5. The summed E-state index contributed by atoms with van der Waals surface area (Å²) in [7, 11) is 0. The predicted molar refractivity (Wildman–Crippen MR) is 166 cm³/mol. The molecule has 0 radical (unpaired) electrons. The van der Waals surface area contributed by atoms with Crippen LogP contribution in [0, 0.1) is 0 Å². The van der Waals surface area contributed by atoms with E-state index in [4.69, 9.17) is 9.84 Å². The van der Waals surface area contributed by atoms with Crippen molar-refractivity contribution in [3.05, 3.63) is 12.2 Å². The van der Waals surface area contributed by atoms with E-state index in [0.29, 0.717) is 12.8 Å². The van der Waals surface area contributed by atoms with Gasteiger partial charge in [-0.15, -0.1) is 0 Å². The topological polar surface area (TPSA) is 92.7 Å². The van der Waals surface area contributed by atoms with E-state index >= 15 is 0 Å². The van der Waals surface area contributed by atoms with Crippen molar-refractivity contribution in [2.24, 2.45) is 0 Å². The van der Waals surface area contributed by atoms with Gasteiger partial charge in [0.1, 0.15) is 12.6 Å². The average Bonchev–Trinajstić information content (AvgIpc) is 2.93. The predicted octanol–water partition coefficient (Wildman–Crippen LogP) is 9.45. The highest BCUT2D eigenvalue weighted by Gasteiger charge is 2.14. The first kappa shape index (κ1) is 38.1. The molecule has 40 heavy (non-hydrogen) atoms. The lowest BCUT2D eigenvalue weighted by atomic mass is 10.0. The molecule has 0 aromatic heterocycles. The van der Waals surface area contributed by atoms with Gasteiger partial charge in [-0.2, -0.15) is 0 Å². The van der Waals surface area contributed by atoms with E-state index in [2.05, 4.69) is 31.3 Å². The second-order valence-electron chi connectivity index (χ2n) is 11.4. The van der Waals surface area contributed by atoms with E-state index in [9.17, 15) is 14.4 Å². The van der Waals surface area contributed by atoms with Crippen LogP contribution in [-0.2, 0) is 19.1 Å². The molecule has 0 rings (SSSR count). The quantitative estimate of drug-likeness (QED) is 0.0514. The van der Waals surface area contributed by atoms with Crippen molar-refractivity contribution in [2.45, 2.75) is 180 Å². The van der Waals surface area contributed by atoms with Crippen molar-refractivity contribution < 1.29 is 24.2 Å². The van der Waals surface area contributed by atoms with Crippen molar-refractivity contribution in [3.63, 3.8) is 0 Å². The van der Waals surface area contributed by atoms with E-state index in [0.717, 1.165) is 64.2 Å². The molecule has 0 aromatic rings. The van der Waals surface area contributed by atoms with Gasteiger partial charge in [0.2, 0.25) is 5.91 Å². The van der Waals surface area contributed by atoms with Gasteiger partial charge in [0.25, 0.3) is 0 Å². The Morgan fingerprint density at radius 3 is 1.68 bits per heavy atom. The maximum Gasteiger partial charge on any atom is 0.322 e. The number of carboxylic acid groups (broad SMARTS) is 1. The number of carbonyl (C=O) groups is 3. The van der Waals surface area contributed by atoms with Gasteiger partial charge in [-0.05, 0) is 57.8 Å². The van der Waals surface area contributed by atoms with Crippen LogP contribution in [0.4, 0.5) is 0 Å². The van der Waals surface area contributed by atoms with Crippen molar-refractivity contribution in [3.8, 4) is 0 Å². The fourth-order valence-corrected chi connectivity index (χ4v) is 4.91. The lowest BCUT2D eigenvalue weighted by Gasteiger charge is -2.18. The van der Waals surface area contributed by atoms with Crippen LogP contribution in [0.2, 0.25) is 0 Å². The van der Waals surface area contributed by atoms with Crippen LogP contribution in [0.15, 0.2) is 12.2 Å². The number of ether oxygens (including phenoxy) is 1. The molecule has 6 nitrogen and oxygen atoms in total. The summed E-state index contributed by atoms with van der Waals surface area (Å²) in [5, 5.41) is 11.0. The van der Waals surface area contributed by atoms with Crippen LogP contribution in [-0.4, -0.2) is 35.6 Å². The van der Waals surface area contributed by atoms with E-state index in [1.807, 2.05) is 0 Å². The number of amides is 1. The molecule has 1 unspecified atom stereocenters. The van der Waals surface area contributed by atoms with E-state index in [1.54, 1.807) is 0 Å². The number of hydrogen-bond acceptors (Lipinski definition) is 4. The molecule has 234 valence electrons. The Morgan fingerprint density at radius 2 is 1.10 bits per heavy atom. The molecule has 0 aliphatic heterocycles. The minimum absolute atomic E-state index is 0.0285. The Morgan fingerprint density at radius 1 is 0.625 bits per heavy atom. The van der Waals surface area contributed by atoms with Crippen molar-refractivity contribution in [1.29, 1.82) is 0 Å². The van der Waals surface area contributed by atoms with Crippen molar-refractivity contribution in [1.82, 2.24) is 5.32 Å². The van der Waals surface area contributed by atoms with Gasteiger partial charge in [0.05, 0.1) is 0 Å². The van der Waals surface area contributed by atoms with Gasteiger partial charge in [-0.25, -0.2) is 0 Å². The molecule has 6 heteroatoms. The van der Waals surface area contributed by atoms with E-state index in [1.165, 1.54) is 83.5 Å². The molecule has 2 N–H and O–H groups in total. The summed E-state index contributed by atoms with van der Waals surface area (Å²) in [6, 6.07) is 0. The van der Waals surface area contributed by atoms with Gasteiger partial charge in [0.15, 0.2) is 0 Å². The molecule has 0 bridgehead atoms. The third-order valence-corrected chi connectivity index (χ3v) is 7.44. The maximum atomic E-state index is 12.5. The molecule has 0 fully saturated rings. The second-order valence-corrected chi connectivity index (χ2v) is 11.4. The number of esters is 1. The first-order valence-electron chi connectivity index (χ1n) is 16.8. The normalized spacial score (nSPS) is 12.1. The van der Waals surface area contributed by atoms with Crippen LogP contribution in [0.1, 0.15) is 174 Å². The van der Waals surface area contributed by atoms with Crippen LogP contribution in [0.25, 0.3) is 0 Å². The smallest absolute Gasteiger partial charge is 0.322 e. The second kappa shape index (κ2) is 30.1. The Hall–Kier alpha value is -1.85. The first-order valence-corrected chi connectivity index (χ1v) is 16.8. The monoisotopic (exact) mass is 565 g/mol. The average molecular weight is 566 g/mol. The van der Waals surface area contributed by atoms with E-state index < -0.39 is 5.97 Å². The zero-order chi connectivity index (χ0) is 29.5. The summed E-state index contributed by atoms with van der Waals surface area (Å²) in [4.78, 5) is 34.6. The minimum Gasteiger partial charge on any atom is -0.480 e. The van der Waals surface area contributed by atoms with Gasteiger partial charge < -0.3 is 15.2 Å². The number of nitrogens with one attached hydrogen (secondary N) is 1. The molecular weight excluding hydrogens is 502 g/mol. The van der Waals surface area contributed by atoms with Gasteiger partial charge in [-0.1, -0.05) is 116 Å². The lowest BCUT2D eigenvalue weighted by molar-refractivity contribution is -0.150. The largest absolute Gasteiger partial charge is 0.480 e. The third kappa shape index (κ3) is 29.1. The molecule has 0 aliphatic carbocycles. The molecule has 0 aromatic carbocycles. The van der Waals surface area contributed by atoms with Gasteiger partial charge >= 0.3 is 11.9 Å². The van der Waals surface area contributed by atoms with Crippen LogP contribution in [0.3, 0.4) is 0 Å². The Labute approximate surface area is 246 Å². The highest BCUT2D eigenvalue weighted by molar-refractivity contribution is 5.80. The maximum absolute atomic E-state index is 12.5. The molecular formula is C34H63NO5. The molecule has 0 heterocycles. The number of rotatable bonds is 30. The zero-order valence-electron chi connectivity index (χ0n) is 26.2. The summed E-state index contributed by atoms with van der Waals surface area (Å²) in [5.74, 6) is -1.24. The van der Waals surface area contributed by atoms with Crippen LogP contribution in [0.5, 0.6) is 0 Å². The highest BCUT2D eigenvalue weighted by Crippen LogP contribution is 2.18. The third-order valence-electron chi connectivity index (χ3n) is 7.44. The highest BCUT2D eigenvalue weighted by atomic mass is 16.5. The number of carbonyl (C=O) groups excluding carboxylic acids is 2. The number of carboxylic acids is 1. The fourth-order valence-electron chi connectivity index (χ4n) is 4.91. The van der Waals surface area contributed by atoms with Crippen LogP contribution >= 0.6 is 0 Å². The van der Waals surface area contributed by atoms with E-state index in [-0.39, 0.29) is 24.5 Å². The summed E-state index contributed by atoms with van der Waals surface area (Å²) in [6.45, 7) is 4.16. The van der Waals surface area contributed by atoms with Gasteiger partial charge in [-0.3, -0.25) is 14.4 Å². The summed E-state index contributed by atoms with van der Waals surface area (Å²) in [5.41, 5.74) is 0. The molecule has 0 aliphatic rings. The SMILES string of the molecule is CCCC/C=C\CCCCCCCC(=O)OC(CCCCCCCCC)CCCCCCCC(=O)NCC(=O)O. The van der Waals surface area contributed by atoms with Crippen molar-refractivity contribution in [2.75, 3.05) is 6.54 Å². The standard InChI is InChI=1S/C34H63NO5/c1-3-5-7-9-11-12-13-14-16-21-25-29-34(39)40-31(26-22-18-15-10-8-6-4-2)27-23-19-17-20-24-28-32(36)35-30-33(37)38/h9,11,31H,3-8,10,12-30H2,1-2H3,(H,35,36)(H,37,38)/b11-9-. The van der Waals surface area contributed by atoms with Crippen molar-refractivity contribution >= 4 is 17.8 Å². The Bertz CT molecular complexity index is 634. The number of aliphatic carboxylic acids is 1. The number of allylic oxidation sites excluding steroid dienone is 2. The fraction of sp³-hybridized carbons (Fsp3) is 0.853.